The first-order valence-corrected chi connectivity index (χ1v) is 7.92. The third-order valence-corrected chi connectivity index (χ3v) is 4.45. The number of rotatable bonds is 3. The van der Waals surface area contributed by atoms with Gasteiger partial charge in [-0.15, -0.1) is 0 Å². The Balaban J connectivity index is 0.000000221. The SMILES string of the molecule is C1CCC(C2CCCCC2)CC1.CC(N=C=O)N=C=O. The van der Waals surface area contributed by atoms with E-state index in [1.165, 1.54) is 57.6 Å². The van der Waals surface area contributed by atoms with Crippen LogP contribution in [0.15, 0.2) is 9.98 Å². The van der Waals surface area contributed by atoms with Crippen LogP contribution >= 0.6 is 0 Å². The van der Waals surface area contributed by atoms with Crippen LogP contribution in [0.1, 0.15) is 71.1 Å². The lowest BCUT2D eigenvalue weighted by Crippen LogP contribution is -2.20. The number of hydrogen-bond donors (Lipinski definition) is 0. The summed E-state index contributed by atoms with van der Waals surface area (Å²) in [6.07, 6.45) is 17.3. The molecule has 0 aromatic carbocycles. The van der Waals surface area contributed by atoms with E-state index in [4.69, 9.17) is 0 Å². The second-order valence-corrected chi connectivity index (χ2v) is 5.87. The molecule has 0 atom stereocenters. The second-order valence-electron chi connectivity index (χ2n) is 5.87. The predicted molar refractivity (Wildman–Crippen MR) is 78.9 cm³/mol. The molecule has 0 spiro atoms. The fourth-order valence-electron chi connectivity index (χ4n) is 3.39. The van der Waals surface area contributed by atoms with Crippen LogP contribution in [0.5, 0.6) is 0 Å². The van der Waals surface area contributed by atoms with Crippen molar-refractivity contribution in [3.63, 3.8) is 0 Å². The summed E-state index contributed by atoms with van der Waals surface area (Å²) in [6, 6.07) is 0. The smallest absolute Gasteiger partial charge is 0.211 e. The van der Waals surface area contributed by atoms with Crippen LogP contribution in [0.3, 0.4) is 0 Å². The van der Waals surface area contributed by atoms with Gasteiger partial charge in [-0.3, -0.25) is 0 Å². The van der Waals surface area contributed by atoms with Crippen LogP contribution in [0.4, 0.5) is 0 Å². The minimum atomic E-state index is -0.634. The molecule has 20 heavy (non-hydrogen) atoms. The van der Waals surface area contributed by atoms with Gasteiger partial charge >= 0.3 is 0 Å². The van der Waals surface area contributed by atoms with Gasteiger partial charge in [-0.05, 0) is 18.8 Å². The third kappa shape index (κ3) is 6.79. The van der Waals surface area contributed by atoms with Gasteiger partial charge in [-0.2, -0.15) is 9.98 Å². The van der Waals surface area contributed by atoms with E-state index in [0.29, 0.717) is 0 Å². The zero-order valence-electron chi connectivity index (χ0n) is 12.5. The molecule has 4 heteroatoms. The standard InChI is InChI=1S/C12H22.C4H4N2O2/c1-3-7-11(8-4-1)12-9-5-2-6-10-12;1-4(5-2-7)6-3-8/h11-12H,1-10H2;4H,1H3. The molecule has 0 amide bonds. The van der Waals surface area contributed by atoms with E-state index in [-0.39, 0.29) is 0 Å². The molecule has 0 heterocycles. The molecule has 2 aliphatic carbocycles. The summed E-state index contributed by atoms with van der Waals surface area (Å²) in [7, 11) is 0. The largest absolute Gasteiger partial charge is 0.237 e. The summed E-state index contributed by atoms with van der Waals surface area (Å²) in [5.74, 6) is 2.28. The molecule has 4 nitrogen and oxygen atoms in total. The molecule has 2 aliphatic rings. The summed E-state index contributed by atoms with van der Waals surface area (Å²) in [5, 5.41) is 0. The van der Waals surface area contributed by atoms with E-state index in [0.717, 1.165) is 11.8 Å². The van der Waals surface area contributed by atoms with Crippen molar-refractivity contribution in [3.8, 4) is 0 Å². The van der Waals surface area contributed by atoms with E-state index in [1.54, 1.807) is 25.7 Å². The van der Waals surface area contributed by atoms with Gasteiger partial charge in [0.25, 0.3) is 0 Å². The molecule has 0 N–H and O–H groups in total. The molecular weight excluding hydrogens is 252 g/mol. The molecule has 0 saturated heterocycles. The summed E-state index contributed by atoms with van der Waals surface area (Å²) in [6.45, 7) is 1.48. The number of hydrogen-bond acceptors (Lipinski definition) is 4. The Morgan fingerprint density at radius 1 is 0.750 bits per heavy atom. The van der Waals surface area contributed by atoms with Gasteiger partial charge in [0.15, 0.2) is 6.17 Å². The van der Waals surface area contributed by atoms with Crippen molar-refractivity contribution >= 4 is 12.2 Å². The minimum absolute atomic E-state index is 0.634. The first-order valence-electron chi connectivity index (χ1n) is 7.92. The van der Waals surface area contributed by atoms with Crippen LogP contribution in [-0.4, -0.2) is 18.3 Å². The number of carbonyl (C=O) groups excluding carboxylic acids is 2. The highest BCUT2D eigenvalue weighted by atomic mass is 16.1. The number of nitrogens with zero attached hydrogens (tertiary/aromatic N) is 2. The monoisotopic (exact) mass is 278 g/mol. The average Bonchev–Trinajstić information content (AvgIpc) is 2.50. The van der Waals surface area contributed by atoms with E-state index in [9.17, 15) is 9.59 Å². The third-order valence-electron chi connectivity index (χ3n) is 4.45. The molecule has 0 aliphatic heterocycles. The number of isocyanates is 2. The van der Waals surface area contributed by atoms with Gasteiger partial charge < -0.3 is 0 Å². The molecule has 112 valence electrons. The fourth-order valence-corrected chi connectivity index (χ4v) is 3.39. The zero-order valence-corrected chi connectivity index (χ0v) is 12.5. The van der Waals surface area contributed by atoms with Crippen molar-refractivity contribution in [1.82, 2.24) is 0 Å². The van der Waals surface area contributed by atoms with Gasteiger partial charge in [-0.25, -0.2) is 9.59 Å². The Bertz CT molecular complexity index is 311. The normalized spacial score (nSPS) is 21.6. The van der Waals surface area contributed by atoms with E-state index >= 15 is 0 Å². The van der Waals surface area contributed by atoms with E-state index in [1.807, 2.05) is 0 Å². The van der Waals surface area contributed by atoms with E-state index in [2.05, 4.69) is 9.98 Å². The minimum Gasteiger partial charge on any atom is -0.211 e. The summed E-state index contributed by atoms with van der Waals surface area (Å²) in [5.41, 5.74) is 0. The second kappa shape index (κ2) is 10.5. The van der Waals surface area contributed by atoms with Crippen LogP contribution in [-0.2, 0) is 9.59 Å². The lowest BCUT2D eigenvalue weighted by molar-refractivity contribution is 0.196. The summed E-state index contributed by atoms with van der Waals surface area (Å²) in [4.78, 5) is 25.0. The molecular formula is C16H26N2O2. The zero-order chi connectivity index (χ0) is 14.6. The maximum atomic E-state index is 9.41. The van der Waals surface area contributed by atoms with Crippen molar-refractivity contribution in [1.29, 1.82) is 0 Å². The quantitative estimate of drug-likeness (QED) is 0.575. The Morgan fingerprint density at radius 3 is 1.40 bits per heavy atom. The van der Waals surface area contributed by atoms with Crippen LogP contribution in [0.25, 0.3) is 0 Å². The van der Waals surface area contributed by atoms with Crippen molar-refractivity contribution in [2.75, 3.05) is 0 Å². The fraction of sp³-hybridized carbons (Fsp3) is 0.875. The van der Waals surface area contributed by atoms with Crippen molar-refractivity contribution < 1.29 is 9.59 Å². The highest BCUT2D eigenvalue weighted by molar-refractivity contribution is 5.36. The molecule has 0 bridgehead atoms. The molecule has 0 unspecified atom stereocenters. The molecule has 0 aromatic rings. The summed E-state index contributed by atoms with van der Waals surface area (Å²) >= 11 is 0. The molecule has 2 fully saturated rings. The molecule has 2 saturated carbocycles. The van der Waals surface area contributed by atoms with Crippen LogP contribution in [0, 0.1) is 11.8 Å². The predicted octanol–water partition coefficient (Wildman–Crippen LogP) is 4.15. The topological polar surface area (TPSA) is 58.9 Å². The average molecular weight is 278 g/mol. The molecule has 0 radical (unpaired) electrons. The Morgan fingerprint density at radius 2 is 1.10 bits per heavy atom. The first kappa shape index (κ1) is 16.8. The van der Waals surface area contributed by atoms with Gasteiger partial charge in [0.2, 0.25) is 12.2 Å². The van der Waals surface area contributed by atoms with Crippen LogP contribution < -0.4 is 0 Å². The highest BCUT2D eigenvalue weighted by Crippen LogP contribution is 2.37. The number of aliphatic imine (C=N–C) groups is 2. The van der Waals surface area contributed by atoms with Crippen LogP contribution in [0.2, 0.25) is 0 Å². The Hall–Kier alpha value is -1.24. The van der Waals surface area contributed by atoms with Gasteiger partial charge in [0.05, 0.1) is 0 Å². The van der Waals surface area contributed by atoms with E-state index < -0.39 is 6.17 Å². The maximum absolute atomic E-state index is 9.41. The Kier molecular flexibility index (Phi) is 8.86. The van der Waals surface area contributed by atoms with Crippen molar-refractivity contribution in [3.05, 3.63) is 0 Å². The Labute approximate surface area is 121 Å². The van der Waals surface area contributed by atoms with Crippen molar-refractivity contribution in [2.45, 2.75) is 77.3 Å². The van der Waals surface area contributed by atoms with Gasteiger partial charge in [0, 0.05) is 0 Å². The highest BCUT2D eigenvalue weighted by Gasteiger charge is 2.24. The maximum Gasteiger partial charge on any atom is 0.237 e. The first-order chi connectivity index (χ1) is 9.77. The molecule has 0 aromatic heterocycles. The summed E-state index contributed by atoms with van der Waals surface area (Å²) < 4.78 is 0. The molecule has 2 rings (SSSR count). The van der Waals surface area contributed by atoms with Gasteiger partial charge in [-0.1, -0.05) is 64.2 Å². The lowest BCUT2D eigenvalue weighted by atomic mass is 9.73. The van der Waals surface area contributed by atoms with Gasteiger partial charge in [0.1, 0.15) is 0 Å². The lowest BCUT2D eigenvalue weighted by Gasteiger charge is -2.32. The van der Waals surface area contributed by atoms with Crippen molar-refractivity contribution in [2.24, 2.45) is 21.8 Å².